The van der Waals surface area contributed by atoms with Gasteiger partial charge < -0.3 is 14.7 Å². The lowest BCUT2D eigenvalue weighted by atomic mass is 9.89. The molecule has 2 N–H and O–H groups in total. The van der Waals surface area contributed by atoms with E-state index in [-0.39, 0.29) is 6.10 Å². The number of hydrogen-bond acceptors (Lipinski definition) is 3. The van der Waals surface area contributed by atoms with E-state index in [9.17, 15) is 0 Å². The molecule has 3 nitrogen and oxygen atoms in total. The summed E-state index contributed by atoms with van der Waals surface area (Å²) in [5.74, 6) is 0. The van der Waals surface area contributed by atoms with Gasteiger partial charge in [0.1, 0.15) is 0 Å². The monoisotopic (exact) mass is 192 g/mol. The van der Waals surface area contributed by atoms with Crippen LogP contribution in [0.2, 0.25) is 0 Å². The van der Waals surface area contributed by atoms with Crippen LogP contribution < -0.4 is 0 Å². The van der Waals surface area contributed by atoms with Crippen LogP contribution in [0.1, 0.15) is 30.1 Å². The van der Waals surface area contributed by atoms with Crippen LogP contribution in [-0.2, 0) is 11.1 Å². The first-order valence-corrected chi connectivity index (χ1v) is 4.87. The second kappa shape index (κ2) is 4.13. The number of rotatable bonds is 2. The predicted octanol–water partition coefficient (Wildman–Crippen LogP) is 1.05. The molecule has 1 atom stereocenters. The van der Waals surface area contributed by atoms with Gasteiger partial charge in [0.05, 0.1) is 6.10 Å². The highest BCUT2D eigenvalue weighted by Crippen LogP contribution is 2.32. The van der Waals surface area contributed by atoms with E-state index in [1.807, 2.05) is 18.2 Å². The fourth-order valence-corrected chi connectivity index (χ4v) is 2.00. The van der Waals surface area contributed by atoms with Crippen LogP contribution in [0, 0.1) is 0 Å². The normalized spacial score (nSPS) is 20.3. The van der Waals surface area contributed by atoms with Crippen molar-refractivity contribution in [2.24, 2.45) is 0 Å². The van der Waals surface area contributed by atoms with Gasteiger partial charge in [-0.25, -0.2) is 0 Å². The Hall–Kier alpha value is -0.835. The zero-order valence-corrected chi connectivity index (χ0v) is 7.89. The van der Waals surface area contributed by atoms with Crippen molar-refractivity contribution in [2.45, 2.75) is 25.4 Å². The lowest BCUT2D eigenvalue weighted by molar-refractivity contribution is 0.105. The van der Waals surface area contributed by atoms with Crippen molar-refractivity contribution in [3.05, 3.63) is 35.4 Å². The topological polar surface area (TPSA) is 49.7 Å². The fraction of sp³-hybridized carbons (Fsp3) is 0.400. The van der Waals surface area contributed by atoms with Crippen LogP contribution in [0.15, 0.2) is 24.3 Å². The molecule has 0 amide bonds. The molecule has 1 aromatic rings. The molecule has 0 radical (unpaired) electrons. The second-order valence-corrected chi connectivity index (χ2v) is 3.54. The summed E-state index contributed by atoms with van der Waals surface area (Å²) in [5, 5.41) is 17.5. The van der Waals surface area contributed by atoms with E-state index in [1.54, 1.807) is 0 Å². The lowest BCUT2D eigenvalue weighted by Gasteiger charge is -2.25. The molecule has 14 heavy (non-hydrogen) atoms. The van der Waals surface area contributed by atoms with Crippen molar-refractivity contribution in [2.75, 3.05) is 0 Å². The molecular weight excluding hydrogens is 179 g/mol. The van der Waals surface area contributed by atoms with Gasteiger partial charge in [0.15, 0.2) is 0 Å². The Morgan fingerprint density at radius 3 is 2.86 bits per heavy atom. The Morgan fingerprint density at radius 1 is 1.29 bits per heavy atom. The van der Waals surface area contributed by atoms with Crippen molar-refractivity contribution in [3.63, 3.8) is 0 Å². The minimum absolute atomic E-state index is 0.167. The maximum atomic E-state index is 8.76. The molecule has 0 saturated heterocycles. The van der Waals surface area contributed by atoms with E-state index in [0.717, 1.165) is 24.8 Å². The summed E-state index contributed by atoms with van der Waals surface area (Å²) in [6.07, 6.45) is 2.78. The minimum Gasteiger partial charge on any atom is -0.402 e. The number of aryl methyl sites for hydroxylation is 1. The van der Waals surface area contributed by atoms with Gasteiger partial charge in [0.25, 0.3) is 0 Å². The molecule has 0 spiro atoms. The van der Waals surface area contributed by atoms with Gasteiger partial charge in [0.2, 0.25) is 0 Å². The summed E-state index contributed by atoms with van der Waals surface area (Å²) in [4.78, 5) is 0. The first kappa shape index (κ1) is 9.71. The van der Waals surface area contributed by atoms with E-state index in [4.69, 9.17) is 14.7 Å². The third kappa shape index (κ3) is 1.98. The Labute approximate surface area is 83.5 Å². The fourth-order valence-electron chi connectivity index (χ4n) is 2.00. The van der Waals surface area contributed by atoms with Gasteiger partial charge in [-0.05, 0) is 30.4 Å². The number of hydrogen-bond donors (Lipinski definition) is 2. The van der Waals surface area contributed by atoms with Gasteiger partial charge in [-0.15, -0.1) is 0 Å². The molecule has 74 valence electrons. The van der Waals surface area contributed by atoms with Gasteiger partial charge >= 0.3 is 7.32 Å². The average molecular weight is 192 g/mol. The molecule has 0 bridgehead atoms. The van der Waals surface area contributed by atoms with Crippen molar-refractivity contribution >= 4 is 7.32 Å². The van der Waals surface area contributed by atoms with Crippen molar-refractivity contribution in [1.82, 2.24) is 0 Å². The lowest BCUT2D eigenvalue weighted by Crippen LogP contribution is -2.23. The quantitative estimate of drug-likeness (QED) is 0.688. The molecule has 2 rings (SSSR count). The van der Waals surface area contributed by atoms with Crippen LogP contribution in [-0.4, -0.2) is 17.4 Å². The van der Waals surface area contributed by atoms with Crippen LogP contribution in [0.4, 0.5) is 0 Å². The largest absolute Gasteiger partial charge is 0.634 e. The van der Waals surface area contributed by atoms with E-state index >= 15 is 0 Å². The molecule has 0 aliphatic heterocycles. The zero-order chi connectivity index (χ0) is 9.97. The Balaban J connectivity index is 2.22. The van der Waals surface area contributed by atoms with Crippen molar-refractivity contribution in [3.8, 4) is 0 Å². The zero-order valence-electron chi connectivity index (χ0n) is 7.89. The predicted molar refractivity (Wildman–Crippen MR) is 53.4 cm³/mol. The summed E-state index contributed by atoms with van der Waals surface area (Å²) >= 11 is 0. The third-order valence-corrected chi connectivity index (χ3v) is 2.60. The molecule has 1 unspecified atom stereocenters. The summed E-state index contributed by atoms with van der Waals surface area (Å²) in [6.45, 7) is 0. The highest BCUT2D eigenvalue weighted by molar-refractivity contribution is 6.32. The first-order valence-electron chi connectivity index (χ1n) is 4.87. The van der Waals surface area contributed by atoms with E-state index in [2.05, 4.69) is 6.07 Å². The molecule has 1 aromatic carbocycles. The summed E-state index contributed by atoms with van der Waals surface area (Å²) in [5.41, 5.74) is 2.34. The molecule has 0 saturated carbocycles. The second-order valence-electron chi connectivity index (χ2n) is 3.54. The van der Waals surface area contributed by atoms with Crippen LogP contribution in [0.5, 0.6) is 0 Å². The maximum absolute atomic E-state index is 8.76. The third-order valence-electron chi connectivity index (χ3n) is 2.60. The van der Waals surface area contributed by atoms with E-state index < -0.39 is 7.32 Å². The molecule has 0 aromatic heterocycles. The van der Waals surface area contributed by atoms with Gasteiger partial charge in [-0.1, -0.05) is 24.3 Å². The Kier molecular flexibility index (Phi) is 2.86. The summed E-state index contributed by atoms with van der Waals surface area (Å²) in [6, 6.07) is 8.00. The minimum atomic E-state index is -1.67. The SMILES string of the molecule is OB(O)OC1CCCc2ccccc21. The summed E-state index contributed by atoms with van der Waals surface area (Å²) in [7, 11) is -1.67. The number of benzene rings is 1. The standard InChI is InChI=1S/C10H13BO3/c12-11(13)14-10-7-3-5-8-4-1-2-6-9(8)10/h1-2,4,6,10,12-13H,3,5,7H2. The molecule has 0 fully saturated rings. The molecular formula is C10H13BO3. The molecule has 4 heteroatoms. The molecule has 0 heterocycles. The van der Waals surface area contributed by atoms with E-state index in [0.29, 0.717) is 0 Å². The van der Waals surface area contributed by atoms with Crippen LogP contribution >= 0.6 is 0 Å². The smallest absolute Gasteiger partial charge is 0.402 e. The van der Waals surface area contributed by atoms with E-state index in [1.165, 1.54) is 5.56 Å². The maximum Gasteiger partial charge on any atom is 0.634 e. The van der Waals surface area contributed by atoms with Gasteiger partial charge in [-0.3, -0.25) is 0 Å². The van der Waals surface area contributed by atoms with Crippen LogP contribution in [0.3, 0.4) is 0 Å². The first-order chi connectivity index (χ1) is 6.77. The summed E-state index contributed by atoms with van der Waals surface area (Å²) < 4.78 is 5.03. The highest BCUT2D eigenvalue weighted by Gasteiger charge is 2.24. The van der Waals surface area contributed by atoms with Gasteiger partial charge in [-0.2, -0.15) is 0 Å². The Bertz CT molecular complexity index is 314. The van der Waals surface area contributed by atoms with Crippen LogP contribution in [0.25, 0.3) is 0 Å². The molecule has 1 aliphatic carbocycles. The Morgan fingerprint density at radius 2 is 2.07 bits per heavy atom. The van der Waals surface area contributed by atoms with Crippen molar-refractivity contribution in [1.29, 1.82) is 0 Å². The van der Waals surface area contributed by atoms with Crippen molar-refractivity contribution < 1.29 is 14.7 Å². The van der Waals surface area contributed by atoms with Gasteiger partial charge in [0, 0.05) is 0 Å². The highest BCUT2D eigenvalue weighted by atomic mass is 16.6. The average Bonchev–Trinajstić information content (AvgIpc) is 2.18. The molecule has 1 aliphatic rings. The number of fused-ring (bicyclic) bond motifs is 1.